The number of unbranched alkanes of at least 4 members (excludes halogenated alkanes) is 24. The number of amides is 1. The standard InChI is InChI=1S/C46H86NO8P/c1-3-5-7-9-11-13-15-17-19-21-23-25-27-29-31-33-35-37-39-46(50)53-42-44(48)43-55-56(51,52)54-41-40-47-45(49)38-36-34-32-30-28-26-24-22-20-18-16-14-12-10-8-6-4-2/h12,14,18-21,44,48H,3-11,13,15-17,22-43H2,1-2H3,(H,47,49)(H,51,52)/b14-12-,20-18-,21-19-. The number of carbonyl (C=O) groups excluding carboxylic acids is 2. The van der Waals surface area contributed by atoms with Gasteiger partial charge in [0.2, 0.25) is 5.91 Å². The van der Waals surface area contributed by atoms with Crippen molar-refractivity contribution in [2.75, 3.05) is 26.4 Å². The number of phosphoric ester groups is 1. The molecule has 56 heavy (non-hydrogen) atoms. The van der Waals surface area contributed by atoms with E-state index in [-0.39, 0.29) is 32.1 Å². The summed E-state index contributed by atoms with van der Waals surface area (Å²) in [5.41, 5.74) is 0. The fourth-order valence-electron chi connectivity index (χ4n) is 6.29. The van der Waals surface area contributed by atoms with Crippen LogP contribution in [-0.4, -0.2) is 54.3 Å². The molecule has 0 saturated carbocycles. The van der Waals surface area contributed by atoms with Crippen molar-refractivity contribution < 1.29 is 37.9 Å². The van der Waals surface area contributed by atoms with Crippen molar-refractivity contribution in [3.8, 4) is 0 Å². The number of hydrogen-bond donors (Lipinski definition) is 3. The molecule has 0 fully saturated rings. The summed E-state index contributed by atoms with van der Waals surface area (Å²) in [6.45, 7) is 3.53. The molecule has 3 N–H and O–H groups in total. The molecule has 0 spiro atoms. The maximum Gasteiger partial charge on any atom is 0.472 e. The summed E-state index contributed by atoms with van der Waals surface area (Å²) in [7, 11) is -4.42. The average Bonchev–Trinajstić information content (AvgIpc) is 3.18. The smallest absolute Gasteiger partial charge is 0.463 e. The van der Waals surface area contributed by atoms with Crippen LogP contribution >= 0.6 is 7.82 Å². The Morgan fingerprint density at radius 3 is 1.48 bits per heavy atom. The summed E-state index contributed by atoms with van der Waals surface area (Å²) < 4.78 is 26.9. The van der Waals surface area contributed by atoms with Gasteiger partial charge in [-0.15, -0.1) is 0 Å². The van der Waals surface area contributed by atoms with Crippen molar-refractivity contribution in [1.82, 2.24) is 5.32 Å². The second-order valence-corrected chi connectivity index (χ2v) is 16.8. The van der Waals surface area contributed by atoms with Gasteiger partial charge in [0.25, 0.3) is 0 Å². The van der Waals surface area contributed by atoms with E-state index in [1.54, 1.807) is 0 Å². The zero-order valence-electron chi connectivity index (χ0n) is 36.1. The number of aliphatic hydroxyl groups is 1. The van der Waals surface area contributed by atoms with Crippen LogP contribution in [0.25, 0.3) is 0 Å². The summed E-state index contributed by atoms with van der Waals surface area (Å²) >= 11 is 0. The molecule has 2 atom stereocenters. The topological polar surface area (TPSA) is 131 Å². The van der Waals surface area contributed by atoms with E-state index in [0.717, 1.165) is 51.4 Å². The third-order valence-electron chi connectivity index (χ3n) is 9.79. The van der Waals surface area contributed by atoms with Gasteiger partial charge in [0, 0.05) is 19.4 Å². The number of esters is 1. The lowest BCUT2D eigenvalue weighted by Gasteiger charge is -2.15. The first-order valence-corrected chi connectivity index (χ1v) is 24.5. The highest BCUT2D eigenvalue weighted by molar-refractivity contribution is 7.47. The van der Waals surface area contributed by atoms with Crippen molar-refractivity contribution in [2.24, 2.45) is 0 Å². The van der Waals surface area contributed by atoms with Gasteiger partial charge >= 0.3 is 13.8 Å². The lowest BCUT2D eigenvalue weighted by Crippen LogP contribution is -2.27. The minimum absolute atomic E-state index is 0.0770. The quantitative estimate of drug-likeness (QED) is 0.0240. The number of allylic oxidation sites excluding steroid dienone is 6. The molecule has 0 aliphatic carbocycles. The van der Waals surface area contributed by atoms with Gasteiger partial charge in [-0.25, -0.2) is 4.57 Å². The Morgan fingerprint density at radius 1 is 0.554 bits per heavy atom. The highest BCUT2D eigenvalue weighted by Crippen LogP contribution is 2.42. The maximum atomic E-state index is 12.1. The van der Waals surface area contributed by atoms with Crippen LogP contribution in [0.4, 0.5) is 0 Å². The van der Waals surface area contributed by atoms with Crippen LogP contribution in [0, 0.1) is 0 Å². The second kappa shape index (κ2) is 42.8. The molecule has 2 unspecified atom stereocenters. The second-order valence-electron chi connectivity index (χ2n) is 15.4. The van der Waals surface area contributed by atoms with Crippen LogP contribution in [0.3, 0.4) is 0 Å². The largest absolute Gasteiger partial charge is 0.472 e. The first kappa shape index (κ1) is 54.2. The van der Waals surface area contributed by atoms with Crippen LogP contribution < -0.4 is 5.32 Å². The Kier molecular flexibility index (Phi) is 41.5. The molecule has 0 radical (unpaired) electrons. The molecule has 0 aromatic carbocycles. The van der Waals surface area contributed by atoms with Gasteiger partial charge in [0.05, 0.1) is 13.2 Å². The SMILES string of the molecule is CCCCC/C=C\C/C=C\CCCCCCCCCC(=O)NCCOP(=O)(O)OCC(O)COC(=O)CCCCCCCCC/C=C\CCCCCCCCC. The zero-order chi connectivity index (χ0) is 41.1. The van der Waals surface area contributed by atoms with E-state index in [4.69, 9.17) is 13.8 Å². The van der Waals surface area contributed by atoms with Crippen molar-refractivity contribution in [1.29, 1.82) is 0 Å². The fraction of sp³-hybridized carbons (Fsp3) is 0.826. The van der Waals surface area contributed by atoms with Crippen LogP contribution in [0.15, 0.2) is 36.5 Å². The predicted octanol–water partition coefficient (Wildman–Crippen LogP) is 12.9. The Hall–Kier alpha value is -1.77. The van der Waals surface area contributed by atoms with E-state index in [0.29, 0.717) is 6.42 Å². The van der Waals surface area contributed by atoms with Gasteiger partial charge in [0.15, 0.2) is 0 Å². The molecule has 0 aromatic heterocycles. The third-order valence-corrected chi connectivity index (χ3v) is 10.8. The van der Waals surface area contributed by atoms with E-state index in [1.807, 2.05) is 0 Å². The molecule has 0 aliphatic heterocycles. The normalized spacial score (nSPS) is 13.6. The highest BCUT2D eigenvalue weighted by Gasteiger charge is 2.23. The first-order chi connectivity index (χ1) is 27.3. The van der Waals surface area contributed by atoms with Gasteiger partial charge < -0.3 is 20.1 Å². The minimum atomic E-state index is -4.42. The fourth-order valence-corrected chi connectivity index (χ4v) is 7.04. The molecule has 0 heterocycles. The number of aliphatic hydroxyl groups excluding tert-OH is 1. The Bertz CT molecular complexity index is 1020. The highest BCUT2D eigenvalue weighted by atomic mass is 31.2. The third kappa shape index (κ3) is 43.4. The lowest BCUT2D eigenvalue weighted by atomic mass is 10.1. The predicted molar refractivity (Wildman–Crippen MR) is 234 cm³/mol. The molecule has 1 amide bonds. The molecule has 10 heteroatoms. The Balaban J connectivity index is 3.59. The molecular weight excluding hydrogens is 725 g/mol. The van der Waals surface area contributed by atoms with Gasteiger partial charge in [-0.1, -0.05) is 166 Å². The molecule has 0 rings (SSSR count). The van der Waals surface area contributed by atoms with Crippen LogP contribution in [0.5, 0.6) is 0 Å². The number of hydrogen-bond acceptors (Lipinski definition) is 7. The Labute approximate surface area is 343 Å². The first-order valence-electron chi connectivity index (χ1n) is 23.0. The number of carbonyl (C=O) groups is 2. The van der Waals surface area contributed by atoms with E-state index in [2.05, 4.69) is 55.6 Å². The maximum absolute atomic E-state index is 12.1. The monoisotopic (exact) mass is 812 g/mol. The van der Waals surface area contributed by atoms with Crippen molar-refractivity contribution >= 4 is 19.7 Å². The van der Waals surface area contributed by atoms with Crippen molar-refractivity contribution in [3.63, 3.8) is 0 Å². The van der Waals surface area contributed by atoms with Crippen LogP contribution in [-0.2, 0) is 27.9 Å². The van der Waals surface area contributed by atoms with E-state index < -0.39 is 26.5 Å². The minimum Gasteiger partial charge on any atom is -0.463 e. The molecule has 328 valence electrons. The van der Waals surface area contributed by atoms with Gasteiger partial charge in [0.1, 0.15) is 12.7 Å². The summed E-state index contributed by atoms with van der Waals surface area (Å²) in [4.78, 5) is 33.9. The number of rotatable bonds is 43. The van der Waals surface area contributed by atoms with Crippen molar-refractivity contribution in [3.05, 3.63) is 36.5 Å². The molecule has 0 saturated heterocycles. The van der Waals surface area contributed by atoms with Gasteiger partial charge in [-0.3, -0.25) is 18.6 Å². The summed E-state index contributed by atoms with van der Waals surface area (Å²) in [6, 6.07) is 0. The molecule has 9 nitrogen and oxygen atoms in total. The van der Waals surface area contributed by atoms with E-state index >= 15 is 0 Å². The average molecular weight is 812 g/mol. The van der Waals surface area contributed by atoms with Crippen molar-refractivity contribution in [2.45, 2.75) is 219 Å². The molecule has 0 aromatic rings. The molecular formula is C46H86NO8P. The van der Waals surface area contributed by atoms with Gasteiger partial charge in [-0.05, 0) is 70.6 Å². The summed E-state index contributed by atoms with van der Waals surface area (Å²) in [5.74, 6) is -0.525. The number of nitrogens with one attached hydrogen (secondary N) is 1. The number of ether oxygens (including phenoxy) is 1. The lowest BCUT2D eigenvalue weighted by molar-refractivity contribution is -0.147. The zero-order valence-corrected chi connectivity index (χ0v) is 37.0. The van der Waals surface area contributed by atoms with Crippen LogP contribution in [0.1, 0.15) is 213 Å². The molecule has 0 bridgehead atoms. The number of phosphoric acid groups is 1. The van der Waals surface area contributed by atoms with E-state index in [9.17, 15) is 24.2 Å². The summed E-state index contributed by atoms with van der Waals surface area (Å²) in [6.07, 6.45) is 47.8. The molecule has 0 aliphatic rings. The Morgan fingerprint density at radius 2 is 0.964 bits per heavy atom. The van der Waals surface area contributed by atoms with E-state index in [1.165, 1.54) is 135 Å². The summed E-state index contributed by atoms with van der Waals surface area (Å²) in [5, 5.41) is 12.7. The van der Waals surface area contributed by atoms with Crippen LogP contribution in [0.2, 0.25) is 0 Å². The van der Waals surface area contributed by atoms with Gasteiger partial charge in [-0.2, -0.15) is 0 Å².